The van der Waals surface area contributed by atoms with E-state index < -0.39 is 5.97 Å². The first-order valence-corrected chi connectivity index (χ1v) is 6.71. The number of hydrogen-bond acceptors (Lipinski definition) is 4. The number of nitrogens with zero attached hydrogens (tertiary/aromatic N) is 1. The van der Waals surface area contributed by atoms with Gasteiger partial charge in [-0.1, -0.05) is 24.3 Å². The molecule has 104 valence electrons. The van der Waals surface area contributed by atoms with Gasteiger partial charge in [-0.25, -0.2) is 9.78 Å². The quantitative estimate of drug-likeness (QED) is 0.781. The Morgan fingerprint density at radius 1 is 1.30 bits per heavy atom. The van der Waals surface area contributed by atoms with Gasteiger partial charge in [0.25, 0.3) is 0 Å². The van der Waals surface area contributed by atoms with Crippen molar-refractivity contribution in [2.75, 3.05) is 5.32 Å². The van der Waals surface area contributed by atoms with E-state index in [9.17, 15) is 4.79 Å². The van der Waals surface area contributed by atoms with Crippen LogP contribution in [0.4, 0.5) is 5.82 Å². The van der Waals surface area contributed by atoms with E-state index >= 15 is 0 Å². The number of pyridine rings is 1. The molecule has 0 saturated carbocycles. The fraction of sp³-hybridized carbons (Fsp3) is 0.143. The highest BCUT2D eigenvalue weighted by Crippen LogP contribution is 2.19. The van der Waals surface area contributed by atoms with Crippen LogP contribution in [0.15, 0.2) is 41.0 Å². The lowest BCUT2D eigenvalue weighted by Crippen LogP contribution is -2.08. The van der Waals surface area contributed by atoms with Gasteiger partial charge in [-0.3, -0.25) is 0 Å². The Hall–Kier alpha value is -1.92. The predicted molar refractivity (Wildman–Crippen MR) is 78.6 cm³/mol. The van der Waals surface area contributed by atoms with Crippen LogP contribution in [-0.4, -0.2) is 21.2 Å². The molecule has 1 heterocycles. The van der Waals surface area contributed by atoms with Gasteiger partial charge in [-0.15, -0.1) is 0 Å². The third-order valence-corrected chi connectivity index (χ3v) is 3.15. The zero-order valence-corrected chi connectivity index (χ0v) is 12.1. The molecule has 0 aliphatic rings. The molecule has 3 N–H and O–H groups in total. The molecule has 0 fully saturated rings. The number of nitrogens with one attached hydrogen (secondary N) is 1. The standard InChI is InChI=1S/C14H13BrN2O3/c15-11-5-12(14(19)20)13(17-7-11)16-6-9-2-1-3-10(4-9)8-18/h1-5,7,18H,6,8H2,(H,16,17)(H,19,20). The number of aliphatic hydroxyl groups excluding tert-OH is 1. The maximum absolute atomic E-state index is 11.2. The molecule has 0 aliphatic heterocycles. The highest BCUT2D eigenvalue weighted by atomic mass is 79.9. The smallest absolute Gasteiger partial charge is 0.339 e. The first kappa shape index (κ1) is 14.5. The molecule has 2 rings (SSSR count). The number of hydrogen-bond donors (Lipinski definition) is 3. The summed E-state index contributed by atoms with van der Waals surface area (Å²) in [5.41, 5.74) is 1.86. The molecule has 1 aromatic heterocycles. The molecule has 0 amide bonds. The zero-order chi connectivity index (χ0) is 14.5. The van der Waals surface area contributed by atoms with Crippen molar-refractivity contribution in [3.63, 3.8) is 0 Å². The number of aromatic carboxylic acids is 1. The Bertz CT molecular complexity index is 632. The first-order valence-electron chi connectivity index (χ1n) is 5.91. The van der Waals surface area contributed by atoms with Crippen LogP contribution in [0.25, 0.3) is 0 Å². The third-order valence-electron chi connectivity index (χ3n) is 2.72. The maximum Gasteiger partial charge on any atom is 0.339 e. The van der Waals surface area contributed by atoms with E-state index in [1.54, 1.807) is 6.20 Å². The maximum atomic E-state index is 11.2. The minimum atomic E-state index is -1.04. The average Bonchev–Trinajstić information content (AvgIpc) is 2.46. The minimum Gasteiger partial charge on any atom is -0.478 e. The lowest BCUT2D eigenvalue weighted by atomic mass is 10.1. The van der Waals surface area contributed by atoms with Gasteiger partial charge in [0, 0.05) is 17.2 Å². The summed E-state index contributed by atoms with van der Waals surface area (Å²) < 4.78 is 0.614. The van der Waals surface area contributed by atoms with Gasteiger partial charge in [0.05, 0.1) is 6.61 Å². The molecule has 0 bridgehead atoms. The van der Waals surface area contributed by atoms with Crippen molar-refractivity contribution in [2.24, 2.45) is 0 Å². The van der Waals surface area contributed by atoms with Gasteiger partial charge in [0.2, 0.25) is 0 Å². The lowest BCUT2D eigenvalue weighted by Gasteiger charge is -2.09. The summed E-state index contributed by atoms with van der Waals surface area (Å²) in [6, 6.07) is 8.92. The molecule has 1 aromatic carbocycles. The molecule has 0 radical (unpaired) electrons. The van der Waals surface area contributed by atoms with E-state index in [-0.39, 0.29) is 12.2 Å². The summed E-state index contributed by atoms with van der Waals surface area (Å²) in [4.78, 5) is 15.2. The van der Waals surface area contributed by atoms with Crippen LogP contribution in [0.2, 0.25) is 0 Å². The summed E-state index contributed by atoms with van der Waals surface area (Å²) in [6.07, 6.45) is 1.54. The van der Waals surface area contributed by atoms with Crippen molar-refractivity contribution in [1.82, 2.24) is 4.98 Å². The van der Waals surface area contributed by atoms with E-state index in [2.05, 4.69) is 26.2 Å². The Labute approximate surface area is 124 Å². The van der Waals surface area contributed by atoms with Crippen molar-refractivity contribution in [1.29, 1.82) is 0 Å². The molecule has 0 aliphatic carbocycles. The zero-order valence-electron chi connectivity index (χ0n) is 10.5. The van der Waals surface area contributed by atoms with E-state index in [0.717, 1.165) is 11.1 Å². The highest BCUT2D eigenvalue weighted by Gasteiger charge is 2.11. The van der Waals surface area contributed by atoms with Crippen molar-refractivity contribution in [2.45, 2.75) is 13.2 Å². The SMILES string of the molecule is O=C(O)c1cc(Br)cnc1NCc1cccc(CO)c1. The summed E-state index contributed by atoms with van der Waals surface area (Å²) in [7, 11) is 0. The second kappa shape index (κ2) is 6.49. The second-order valence-electron chi connectivity index (χ2n) is 4.19. The molecular formula is C14H13BrN2O3. The highest BCUT2D eigenvalue weighted by molar-refractivity contribution is 9.10. The van der Waals surface area contributed by atoms with Gasteiger partial charge in [-0.05, 0) is 33.1 Å². The van der Waals surface area contributed by atoms with Crippen molar-refractivity contribution in [3.8, 4) is 0 Å². The van der Waals surface area contributed by atoms with E-state index in [4.69, 9.17) is 10.2 Å². The largest absolute Gasteiger partial charge is 0.478 e. The van der Waals surface area contributed by atoms with Gasteiger partial charge in [0.15, 0.2) is 0 Å². The Morgan fingerprint density at radius 3 is 2.75 bits per heavy atom. The van der Waals surface area contributed by atoms with Crippen molar-refractivity contribution < 1.29 is 15.0 Å². The van der Waals surface area contributed by atoms with Crippen LogP contribution < -0.4 is 5.32 Å². The molecule has 0 spiro atoms. The van der Waals surface area contributed by atoms with Crippen molar-refractivity contribution in [3.05, 3.63) is 57.7 Å². The molecule has 20 heavy (non-hydrogen) atoms. The predicted octanol–water partition coefficient (Wildman–Crippen LogP) is 2.65. The fourth-order valence-electron chi connectivity index (χ4n) is 1.77. The number of anilines is 1. The molecular weight excluding hydrogens is 324 g/mol. The van der Waals surface area contributed by atoms with E-state index in [0.29, 0.717) is 16.8 Å². The number of aliphatic hydroxyl groups is 1. The minimum absolute atomic E-state index is 0.0231. The number of halogens is 1. The summed E-state index contributed by atoms with van der Waals surface area (Å²) in [6.45, 7) is 0.410. The number of carboxylic acids is 1. The van der Waals surface area contributed by atoms with Crippen LogP contribution >= 0.6 is 15.9 Å². The summed E-state index contributed by atoms with van der Waals surface area (Å²) in [5, 5.41) is 21.2. The van der Waals surface area contributed by atoms with Crippen LogP contribution in [0, 0.1) is 0 Å². The molecule has 2 aromatic rings. The van der Waals surface area contributed by atoms with Crippen LogP contribution in [0.5, 0.6) is 0 Å². The van der Waals surface area contributed by atoms with E-state index in [1.807, 2.05) is 24.3 Å². The lowest BCUT2D eigenvalue weighted by molar-refractivity contribution is 0.0697. The number of benzene rings is 1. The molecule has 0 saturated heterocycles. The molecule has 5 nitrogen and oxygen atoms in total. The van der Waals surface area contributed by atoms with Crippen LogP contribution in [0.3, 0.4) is 0 Å². The number of carboxylic acid groups (broad SMARTS) is 1. The first-order chi connectivity index (χ1) is 9.60. The monoisotopic (exact) mass is 336 g/mol. The van der Waals surface area contributed by atoms with Gasteiger partial charge >= 0.3 is 5.97 Å². The van der Waals surface area contributed by atoms with Crippen molar-refractivity contribution >= 4 is 27.7 Å². The third kappa shape index (κ3) is 3.55. The fourth-order valence-corrected chi connectivity index (χ4v) is 2.10. The number of aromatic nitrogens is 1. The number of carbonyl (C=O) groups is 1. The van der Waals surface area contributed by atoms with Gasteiger partial charge in [-0.2, -0.15) is 0 Å². The van der Waals surface area contributed by atoms with Gasteiger partial charge in [0.1, 0.15) is 11.4 Å². The Morgan fingerprint density at radius 2 is 2.05 bits per heavy atom. The summed E-state index contributed by atoms with van der Waals surface area (Å²) in [5.74, 6) is -0.722. The van der Waals surface area contributed by atoms with E-state index in [1.165, 1.54) is 6.07 Å². The topological polar surface area (TPSA) is 82.5 Å². The normalized spacial score (nSPS) is 10.3. The Kier molecular flexibility index (Phi) is 4.70. The second-order valence-corrected chi connectivity index (χ2v) is 5.10. The van der Waals surface area contributed by atoms with Gasteiger partial charge < -0.3 is 15.5 Å². The molecule has 0 unspecified atom stereocenters. The molecule has 6 heteroatoms. The summed E-state index contributed by atoms with van der Waals surface area (Å²) >= 11 is 3.20. The molecule has 0 atom stereocenters. The van der Waals surface area contributed by atoms with Crippen LogP contribution in [0.1, 0.15) is 21.5 Å². The number of rotatable bonds is 5. The Balaban J connectivity index is 2.16. The average molecular weight is 337 g/mol. The van der Waals surface area contributed by atoms with Crippen LogP contribution in [-0.2, 0) is 13.2 Å².